The topological polar surface area (TPSA) is 137 Å². The first-order chi connectivity index (χ1) is 45.2. The van der Waals surface area contributed by atoms with Crippen LogP contribution in [-0.4, -0.2) is 46.8 Å². The van der Waals surface area contributed by atoms with Crippen LogP contribution in [0, 0.1) is 0 Å². The second kappa shape index (κ2) is 28.3. The van der Waals surface area contributed by atoms with Crippen molar-refractivity contribution in [3.8, 4) is 0 Å². The monoisotopic (exact) mass is 1270 g/mol. The number of hydrogen-bond acceptors (Lipinski definition) is 11. The Morgan fingerprint density at radius 1 is 0.232 bits per heavy atom. The van der Waals surface area contributed by atoms with Gasteiger partial charge in [-0.1, -0.05) is 72.8 Å². The number of benzene rings is 10. The molecule has 0 fully saturated rings. The van der Waals surface area contributed by atoms with Crippen LogP contribution in [0.3, 0.4) is 0 Å². The maximum atomic E-state index is 14.7. The molecule has 0 spiro atoms. The fourth-order valence-corrected chi connectivity index (χ4v) is 10.5. The molecule has 0 aliphatic rings. The van der Waals surface area contributed by atoms with Crippen molar-refractivity contribution in [2.24, 2.45) is 0 Å². The third-order valence-corrected chi connectivity index (χ3v) is 14.4. The van der Waals surface area contributed by atoms with Gasteiger partial charge < -0.3 is 33.6 Å². The van der Waals surface area contributed by atoms with Crippen molar-refractivity contribution < 1.29 is 38.1 Å². The Morgan fingerprint density at radius 2 is 0.400 bits per heavy atom. The van der Waals surface area contributed by atoms with Crippen LogP contribution in [0.1, 0.15) is 83.1 Å². The van der Waals surface area contributed by atoms with Gasteiger partial charge in [0.2, 0.25) is 0 Å². The molecular formula is C80H81N7O8. The molecule has 15 heteroatoms. The SMILES string of the molecule is CC(C)(C)OC(=O)Nc1ccc(N(C(=O)OC(C)(C)C)c2ccc(N(C(=O)OC(C)(C)C)c3ccc(N(C(=O)OC(C)(C)C)c4ccc(N(c5ccc(N(c6ccccc6)c6ccccc6)cc5)c5ccc(N(c6ccccc6)c6ccccc6)cc5)cc4)cc3)cc2)cc1. The van der Waals surface area contributed by atoms with Crippen LogP contribution in [0.2, 0.25) is 0 Å². The Kier molecular flexibility index (Phi) is 19.8. The summed E-state index contributed by atoms with van der Waals surface area (Å²) in [5, 5.41) is 2.73. The molecule has 0 heterocycles. The fourth-order valence-electron chi connectivity index (χ4n) is 10.5. The third kappa shape index (κ3) is 17.2. The number of nitrogens with zero attached hydrogens (tertiary/aromatic N) is 6. The molecular weight excluding hydrogens is 1190 g/mol. The Bertz CT molecular complexity index is 3990. The Balaban J connectivity index is 1.00. The molecule has 10 aromatic rings. The van der Waals surface area contributed by atoms with E-state index in [1.54, 1.807) is 135 Å². The normalized spacial score (nSPS) is 11.5. The van der Waals surface area contributed by atoms with E-state index in [9.17, 15) is 19.2 Å². The van der Waals surface area contributed by atoms with E-state index in [2.05, 4.69) is 117 Å². The molecule has 10 rings (SSSR count). The molecule has 10 aromatic carbocycles. The standard InChI is InChI=1S/C80H81N7O8/c1-77(2,3)92-73(88)81-57-33-35-67(36-34-57)85(74(89)93-78(4,5)6)69-49-51-71(52-50-69)87(76(91)95-80(10,11)12)72-55-53-70(54-56-72)86(75(90)94-79(7,8)9)68-47-45-66(46-48-68)84(64-41-37-62(38-42-64)82(58-25-17-13-18-26-58)59-27-19-14-20-28-59)65-43-39-63(40-44-65)83(60-29-21-15-22-30-60)61-31-23-16-24-32-61/h13-56H,1-12H3,(H,81,88). The molecule has 0 unspecified atom stereocenters. The summed E-state index contributed by atoms with van der Waals surface area (Å²) >= 11 is 0. The van der Waals surface area contributed by atoms with Gasteiger partial charge in [0.05, 0.1) is 34.1 Å². The first-order valence-electron chi connectivity index (χ1n) is 31.5. The Labute approximate surface area is 557 Å². The lowest BCUT2D eigenvalue weighted by molar-refractivity contribution is 0.0587. The predicted octanol–water partition coefficient (Wildman–Crippen LogP) is 22.7. The number of anilines is 16. The molecule has 0 bridgehead atoms. The zero-order valence-corrected chi connectivity index (χ0v) is 55.9. The van der Waals surface area contributed by atoms with Gasteiger partial charge in [0.1, 0.15) is 22.4 Å². The van der Waals surface area contributed by atoms with Gasteiger partial charge in [-0.3, -0.25) is 5.32 Å². The van der Waals surface area contributed by atoms with Crippen molar-refractivity contribution in [1.29, 1.82) is 0 Å². The molecule has 0 saturated heterocycles. The lowest BCUT2D eigenvalue weighted by Crippen LogP contribution is -2.35. The van der Waals surface area contributed by atoms with E-state index in [-0.39, 0.29) is 0 Å². The van der Waals surface area contributed by atoms with Crippen molar-refractivity contribution in [2.45, 2.75) is 105 Å². The largest absolute Gasteiger partial charge is 0.444 e. The highest BCUT2D eigenvalue weighted by Gasteiger charge is 2.31. The Morgan fingerprint density at radius 3 is 0.589 bits per heavy atom. The molecule has 0 atom stereocenters. The van der Waals surface area contributed by atoms with Gasteiger partial charge in [-0.25, -0.2) is 33.9 Å². The minimum absolute atomic E-state index is 0.416. The summed E-state index contributed by atoms with van der Waals surface area (Å²) in [4.78, 5) is 66.8. The molecule has 0 aliphatic carbocycles. The highest BCUT2D eigenvalue weighted by molar-refractivity contribution is 6.01. The van der Waals surface area contributed by atoms with Crippen LogP contribution >= 0.6 is 0 Å². The predicted molar refractivity (Wildman–Crippen MR) is 385 cm³/mol. The lowest BCUT2D eigenvalue weighted by atomic mass is 10.1. The minimum Gasteiger partial charge on any atom is -0.444 e. The van der Waals surface area contributed by atoms with E-state index in [1.807, 2.05) is 118 Å². The van der Waals surface area contributed by atoms with Crippen molar-refractivity contribution in [1.82, 2.24) is 0 Å². The molecule has 0 radical (unpaired) electrons. The van der Waals surface area contributed by atoms with Crippen LogP contribution in [0.15, 0.2) is 267 Å². The number of para-hydroxylation sites is 4. The van der Waals surface area contributed by atoms with Crippen molar-refractivity contribution in [2.75, 3.05) is 34.7 Å². The van der Waals surface area contributed by atoms with Crippen molar-refractivity contribution in [3.05, 3.63) is 267 Å². The van der Waals surface area contributed by atoms with E-state index in [0.29, 0.717) is 39.8 Å². The van der Waals surface area contributed by atoms with E-state index in [1.165, 1.54) is 14.7 Å². The quantitative estimate of drug-likeness (QED) is 0.0926. The molecule has 95 heavy (non-hydrogen) atoms. The smallest absolute Gasteiger partial charge is 0.419 e. The summed E-state index contributed by atoms with van der Waals surface area (Å²) in [6.07, 6.45) is -2.56. The summed E-state index contributed by atoms with van der Waals surface area (Å²) in [6.45, 7) is 21.5. The first-order valence-corrected chi connectivity index (χ1v) is 31.5. The van der Waals surface area contributed by atoms with E-state index >= 15 is 0 Å². The van der Waals surface area contributed by atoms with Gasteiger partial charge in [-0.15, -0.1) is 0 Å². The highest BCUT2D eigenvalue weighted by Crippen LogP contribution is 2.43. The van der Waals surface area contributed by atoms with Gasteiger partial charge >= 0.3 is 24.4 Å². The lowest BCUT2D eigenvalue weighted by Gasteiger charge is -2.31. The van der Waals surface area contributed by atoms with Crippen molar-refractivity contribution >= 4 is 115 Å². The Hall–Kier alpha value is -11.3. The van der Waals surface area contributed by atoms with Gasteiger partial charge in [0.25, 0.3) is 0 Å². The number of carbonyl (C=O) groups is 4. The molecule has 484 valence electrons. The van der Waals surface area contributed by atoms with Gasteiger partial charge in [0.15, 0.2) is 0 Å². The summed E-state index contributed by atoms with van der Waals surface area (Å²) in [6, 6.07) is 86.4. The van der Waals surface area contributed by atoms with Gasteiger partial charge in [-0.2, -0.15) is 0 Å². The number of nitrogens with one attached hydrogen (secondary N) is 1. The number of rotatable bonds is 16. The molecule has 0 aromatic heterocycles. The minimum atomic E-state index is -0.882. The van der Waals surface area contributed by atoms with Crippen LogP contribution in [-0.2, 0) is 18.9 Å². The molecule has 1 N–H and O–H groups in total. The van der Waals surface area contributed by atoms with Gasteiger partial charge in [-0.05, 0) is 277 Å². The van der Waals surface area contributed by atoms with Crippen LogP contribution in [0.5, 0.6) is 0 Å². The van der Waals surface area contributed by atoms with Crippen LogP contribution < -0.4 is 34.7 Å². The summed E-state index contributed by atoms with van der Waals surface area (Å²) in [5.41, 5.74) is 8.50. The summed E-state index contributed by atoms with van der Waals surface area (Å²) in [5.74, 6) is 0. The number of ether oxygens (including phenoxy) is 4. The number of amides is 4. The molecule has 0 aliphatic heterocycles. The third-order valence-electron chi connectivity index (χ3n) is 14.4. The van der Waals surface area contributed by atoms with E-state index < -0.39 is 46.8 Å². The zero-order chi connectivity index (χ0) is 67.7. The van der Waals surface area contributed by atoms with Crippen LogP contribution in [0.25, 0.3) is 0 Å². The first kappa shape index (κ1) is 66.6. The molecule has 4 amide bonds. The summed E-state index contributed by atoms with van der Waals surface area (Å²) < 4.78 is 23.5. The average molecular weight is 1270 g/mol. The second-order valence-corrected chi connectivity index (χ2v) is 26.6. The fraction of sp³-hybridized carbons (Fsp3) is 0.200. The van der Waals surface area contributed by atoms with E-state index in [4.69, 9.17) is 18.9 Å². The summed E-state index contributed by atoms with van der Waals surface area (Å²) in [7, 11) is 0. The van der Waals surface area contributed by atoms with Crippen LogP contribution in [0.4, 0.5) is 110 Å². The number of hydrogen-bond donors (Lipinski definition) is 1. The van der Waals surface area contributed by atoms with E-state index in [0.717, 1.165) is 51.2 Å². The average Bonchev–Trinajstić information content (AvgIpc) is 0.818. The van der Waals surface area contributed by atoms with Crippen molar-refractivity contribution in [3.63, 3.8) is 0 Å². The highest BCUT2D eigenvalue weighted by atomic mass is 16.6. The number of carbonyl (C=O) groups excluding carboxylic acids is 4. The maximum absolute atomic E-state index is 14.7. The maximum Gasteiger partial charge on any atom is 0.419 e. The zero-order valence-electron chi connectivity index (χ0n) is 55.9. The molecule has 15 nitrogen and oxygen atoms in total. The van der Waals surface area contributed by atoms with Gasteiger partial charge in [0, 0.05) is 56.9 Å². The molecule has 0 saturated carbocycles. The second-order valence-electron chi connectivity index (χ2n) is 26.6.